The molecule has 0 aliphatic heterocycles. The summed E-state index contributed by atoms with van der Waals surface area (Å²) in [6, 6.07) is 11.5. The van der Waals surface area contributed by atoms with Gasteiger partial charge in [0.25, 0.3) is 0 Å². The highest BCUT2D eigenvalue weighted by Gasteiger charge is 2.27. The van der Waals surface area contributed by atoms with E-state index >= 15 is 0 Å². The van der Waals surface area contributed by atoms with Crippen LogP contribution in [0.3, 0.4) is 0 Å². The molecule has 0 aliphatic rings. The Kier molecular flexibility index (Phi) is 3.79. The largest absolute Gasteiger partial charge is 0.384 e. The maximum Gasteiger partial charge on any atom is 0.104 e. The minimum atomic E-state index is -0.986. The number of rotatable bonds is 5. The van der Waals surface area contributed by atoms with Crippen molar-refractivity contribution in [3.63, 3.8) is 0 Å². The van der Waals surface area contributed by atoms with Gasteiger partial charge in [-0.05, 0) is 18.6 Å². The Bertz CT molecular complexity index is 495. The molecule has 1 unspecified atom stereocenters. The highest BCUT2D eigenvalue weighted by atomic mass is 16.3. The second-order valence-corrected chi connectivity index (χ2v) is 4.55. The molecule has 0 radical (unpaired) electrons. The molecule has 1 heterocycles. The molecule has 3 N–H and O–H groups in total. The fourth-order valence-corrected chi connectivity index (χ4v) is 2.04. The molecule has 2 rings (SSSR count). The van der Waals surface area contributed by atoms with E-state index in [0.29, 0.717) is 13.0 Å². The van der Waals surface area contributed by atoms with E-state index in [1.807, 2.05) is 48.0 Å². The van der Waals surface area contributed by atoms with Crippen LogP contribution in [-0.4, -0.2) is 21.4 Å². The summed E-state index contributed by atoms with van der Waals surface area (Å²) in [5.41, 5.74) is 6.69. The predicted octanol–water partition coefficient (Wildman–Crippen LogP) is 1.43. The van der Waals surface area contributed by atoms with Crippen LogP contribution in [0.1, 0.15) is 17.7 Å². The Morgan fingerprint density at radius 3 is 2.56 bits per heavy atom. The molecule has 18 heavy (non-hydrogen) atoms. The van der Waals surface area contributed by atoms with Gasteiger partial charge in [-0.2, -0.15) is 5.10 Å². The minimum absolute atomic E-state index is 0.206. The van der Waals surface area contributed by atoms with E-state index in [1.54, 1.807) is 6.20 Å². The molecule has 0 fully saturated rings. The molecule has 1 atom stereocenters. The van der Waals surface area contributed by atoms with Crippen molar-refractivity contribution >= 4 is 0 Å². The van der Waals surface area contributed by atoms with Crippen LogP contribution in [-0.2, 0) is 12.1 Å². The van der Waals surface area contributed by atoms with Crippen molar-refractivity contribution < 1.29 is 5.11 Å². The molecule has 0 aliphatic carbocycles. The average molecular weight is 245 g/mol. The normalized spacial score (nSPS) is 14.4. The van der Waals surface area contributed by atoms with Crippen molar-refractivity contribution in [1.29, 1.82) is 0 Å². The summed E-state index contributed by atoms with van der Waals surface area (Å²) in [7, 11) is 0. The van der Waals surface area contributed by atoms with Crippen LogP contribution < -0.4 is 5.73 Å². The lowest BCUT2D eigenvalue weighted by Gasteiger charge is -2.27. The third-order valence-electron chi connectivity index (χ3n) is 3.31. The average Bonchev–Trinajstić information content (AvgIpc) is 2.83. The van der Waals surface area contributed by atoms with Gasteiger partial charge in [0.05, 0.1) is 0 Å². The van der Waals surface area contributed by atoms with Crippen LogP contribution in [0.15, 0.2) is 42.6 Å². The van der Waals surface area contributed by atoms with Crippen LogP contribution in [0.2, 0.25) is 0 Å². The molecule has 2 aromatic rings. The highest BCUT2D eigenvalue weighted by Crippen LogP contribution is 2.24. The quantitative estimate of drug-likeness (QED) is 0.837. The number of aryl methyl sites for hydroxylation is 2. The zero-order chi connectivity index (χ0) is 13.0. The maximum atomic E-state index is 10.6. The van der Waals surface area contributed by atoms with Gasteiger partial charge in [0.1, 0.15) is 5.60 Å². The Balaban J connectivity index is 2.12. The Hall–Kier alpha value is -1.65. The lowest BCUT2D eigenvalue weighted by Crippen LogP contribution is -2.36. The number of aliphatic hydroxyl groups is 1. The summed E-state index contributed by atoms with van der Waals surface area (Å²) in [5, 5.41) is 14.8. The Labute approximate surface area is 107 Å². The molecule has 0 spiro atoms. The zero-order valence-electron chi connectivity index (χ0n) is 10.6. The van der Waals surface area contributed by atoms with Gasteiger partial charge >= 0.3 is 0 Å². The van der Waals surface area contributed by atoms with Crippen LogP contribution in [0.5, 0.6) is 0 Å². The van der Waals surface area contributed by atoms with Gasteiger partial charge in [-0.25, -0.2) is 0 Å². The molecule has 1 aromatic heterocycles. The molecular formula is C14H19N3O. The van der Waals surface area contributed by atoms with E-state index in [4.69, 9.17) is 5.73 Å². The van der Waals surface area contributed by atoms with E-state index in [-0.39, 0.29) is 6.54 Å². The zero-order valence-corrected chi connectivity index (χ0v) is 10.6. The van der Waals surface area contributed by atoms with Gasteiger partial charge in [0.15, 0.2) is 0 Å². The predicted molar refractivity (Wildman–Crippen MR) is 71.0 cm³/mol. The first-order valence-electron chi connectivity index (χ1n) is 6.12. The van der Waals surface area contributed by atoms with Gasteiger partial charge in [-0.15, -0.1) is 0 Å². The van der Waals surface area contributed by atoms with E-state index in [0.717, 1.165) is 11.3 Å². The van der Waals surface area contributed by atoms with Crippen molar-refractivity contribution in [2.24, 2.45) is 5.73 Å². The van der Waals surface area contributed by atoms with Crippen LogP contribution in [0.4, 0.5) is 0 Å². The molecular weight excluding hydrogens is 226 g/mol. The first kappa shape index (κ1) is 12.8. The van der Waals surface area contributed by atoms with E-state index in [9.17, 15) is 5.11 Å². The third-order valence-corrected chi connectivity index (χ3v) is 3.31. The number of aromatic nitrogens is 2. The number of nitrogens with zero attached hydrogens (tertiary/aromatic N) is 2. The smallest absolute Gasteiger partial charge is 0.104 e. The third kappa shape index (κ3) is 2.60. The van der Waals surface area contributed by atoms with Crippen molar-refractivity contribution in [1.82, 2.24) is 9.78 Å². The number of hydrogen-bond acceptors (Lipinski definition) is 3. The fraction of sp³-hybridized carbons (Fsp3) is 0.357. The van der Waals surface area contributed by atoms with Gasteiger partial charge in [-0.1, -0.05) is 30.3 Å². The first-order valence-corrected chi connectivity index (χ1v) is 6.12. The van der Waals surface area contributed by atoms with Gasteiger partial charge in [0, 0.05) is 31.4 Å². The van der Waals surface area contributed by atoms with Crippen molar-refractivity contribution in [3.8, 4) is 0 Å². The SMILES string of the molecule is Cc1ccnn1CCC(O)(CN)c1ccccc1. The Morgan fingerprint density at radius 2 is 2.00 bits per heavy atom. The number of hydrogen-bond donors (Lipinski definition) is 2. The van der Waals surface area contributed by atoms with Crippen molar-refractivity contribution in [3.05, 3.63) is 53.9 Å². The Morgan fingerprint density at radius 1 is 1.28 bits per heavy atom. The van der Waals surface area contributed by atoms with Gasteiger partial charge < -0.3 is 10.8 Å². The standard InChI is InChI=1S/C14H19N3O/c1-12-7-9-16-17(12)10-8-14(18,11-15)13-5-3-2-4-6-13/h2-7,9,18H,8,10-11,15H2,1H3. The summed E-state index contributed by atoms with van der Waals surface area (Å²) in [6.07, 6.45) is 2.31. The molecule has 4 heteroatoms. The van der Waals surface area contributed by atoms with Crippen LogP contribution >= 0.6 is 0 Å². The monoisotopic (exact) mass is 245 g/mol. The highest BCUT2D eigenvalue weighted by molar-refractivity contribution is 5.22. The van der Waals surface area contributed by atoms with Crippen molar-refractivity contribution in [2.75, 3.05) is 6.54 Å². The molecule has 0 saturated carbocycles. The molecule has 1 aromatic carbocycles. The lowest BCUT2D eigenvalue weighted by molar-refractivity contribution is 0.0311. The van der Waals surface area contributed by atoms with E-state index in [1.165, 1.54) is 0 Å². The molecule has 0 bridgehead atoms. The lowest BCUT2D eigenvalue weighted by atomic mass is 9.90. The molecule has 4 nitrogen and oxygen atoms in total. The minimum Gasteiger partial charge on any atom is -0.384 e. The molecule has 0 saturated heterocycles. The number of benzene rings is 1. The van der Waals surface area contributed by atoms with E-state index < -0.39 is 5.60 Å². The van der Waals surface area contributed by atoms with Crippen LogP contribution in [0, 0.1) is 6.92 Å². The summed E-state index contributed by atoms with van der Waals surface area (Å²) < 4.78 is 1.88. The summed E-state index contributed by atoms with van der Waals surface area (Å²) in [6.45, 7) is 2.86. The van der Waals surface area contributed by atoms with Gasteiger partial charge in [-0.3, -0.25) is 4.68 Å². The maximum absolute atomic E-state index is 10.6. The second-order valence-electron chi connectivity index (χ2n) is 4.55. The summed E-state index contributed by atoms with van der Waals surface area (Å²) in [5.74, 6) is 0. The van der Waals surface area contributed by atoms with Crippen molar-refractivity contribution in [2.45, 2.75) is 25.5 Å². The van der Waals surface area contributed by atoms with Crippen LogP contribution in [0.25, 0.3) is 0 Å². The fourth-order valence-electron chi connectivity index (χ4n) is 2.04. The second kappa shape index (κ2) is 5.33. The first-order chi connectivity index (χ1) is 8.65. The summed E-state index contributed by atoms with van der Waals surface area (Å²) in [4.78, 5) is 0. The van der Waals surface area contributed by atoms with E-state index in [2.05, 4.69) is 5.10 Å². The van der Waals surface area contributed by atoms with Gasteiger partial charge in [0.2, 0.25) is 0 Å². The number of nitrogens with two attached hydrogens (primary N) is 1. The topological polar surface area (TPSA) is 64.1 Å². The molecule has 0 amide bonds. The summed E-state index contributed by atoms with van der Waals surface area (Å²) >= 11 is 0. The molecule has 96 valence electrons.